The smallest absolute Gasteiger partial charge is 0.240 e. The molecule has 0 radical (unpaired) electrons. The first-order valence-corrected chi connectivity index (χ1v) is 8.30. The Bertz CT molecular complexity index is 608. The van der Waals surface area contributed by atoms with Crippen LogP contribution < -0.4 is 10.5 Å². The molecule has 0 saturated carbocycles. The average Bonchev–Trinajstić information content (AvgIpc) is 2.38. The molecule has 1 aromatic carbocycles. The fourth-order valence-corrected chi connectivity index (χ4v) is 3.80. The molecule has 20 heavy (non-hydrogen) atoms. The number of rotatable bonds is 4. The van der Waals surface area contributed by atoms with E-state index in [1.54, 1.807) is 19.1 Å². The molecule has 0 aliphatic carbocycles. The Balaban J connectivity index is 2.20. The highest BCUT2D eigenvalue weighted by molar-refractivity contribution is 7.89. The van der Waals surface area contributed by atoms with Crippen LogP contribution in [0.1, 0.15) is 24.0 Å². The Kier molecular flexibility index (Phi) is 4.74. The second-order valence-corrected chi connectivity index (χ2v) is 7.00. The molecule has 1 fully saturated rings. The summed E-state index contributed by atoms with van der Waals surface area (Å²) in [5, 5.41) is 0. The maximum atomic E-state index is 12.3. The van der Waals surface area contributed by atoms with Crippen molar-refractivity contribution in [1.82, 2.24) is 4.72 Å². The molecule has 1 heterocycles. The lowest BCUT2D eigenvalue weighted by Crippen LogP contribution is -2.38. The third-order valence-corrected chi connectivity index (χ3v) is 5.05. The fourth-order valence-electron chi connectivity index (χ4n) is 2.18. The van der Waals surface area contributed by atoms with Gasteiger partial charge < -0.3 is 10.5 Å². The lowest BCUT2D eigenvalue weighted by molar-refractivity contribution is 0.0832. The molecule has 1 aliphatic rings. The third kappa shape index (κ3) is 3.54. The summed E-state index contributed by atoms with van der Waals surface area (Å²) in [7, 11) is -3.51. The summed E-state index contributed by atoms with van der Waals surface area (Å²) < 4.78 is 32.6. The van der Waals surface area contributed by atoms with Gasteiger partial charge >= 0.3 is 0 Å². The number of nitrogens with one attached hydrogen (secondary N) is 1. The first-order valence-electron chi connectivity index (χ1n) is 6.40. The summed E-state index contributed by atoms with van der Waals surface area (Å²) in [6.45, 7) is 2.97. The van der Waals surface area contributed by atoms with Crippen molar-refractivity contribution in [1.29, 1.82) is 0 Å². The number of nitrogens with two attached hydrogens (primary N) is 1. The van der Waals surface area contributed by atoms with Gasteiger partial charge in [0, 0.05) is 24.8 Å². The minimum Gasteiger partial charge on any atom is -0.389 e. The monoisotopic (exact) mass is 314 g/mol. The molecule has 110 valence electrons. The second kappa shape index (κ2) is 6.17. The zero-order valence-electron chi connectivity index (χ0n) is 11.3. The topological polar surface area (TPSA) is 81.4 Å². The average molecular weight is 314 g/mol. The lowest BCUT2D eigenvalue weighted by atomic mass is 10.1. The van der Waals surface area contributed by atoms with E-state index in [4.69, 9.17) is 22.7 Å². The fraction of sp³-hybridized carbons (Fsp3) is 0.462. The summed E-state index contributed by atoms with van der Waals surface area (Å²) in [6, 6.07) is 4.71. The maximum absolute atomic E-state index is 12.3. The van der Waals surface area contributed by atoms with Crippen LogP contribution in [-0.4, -0.2) is 32.7 Å². The molecule has 0 atom stereocenters. The molecule has 5 nitrogen and oxygen atoms in total. The summed E-state index contributed by atoms with van der Waals surface area (Å²) in [4.78, 5) is 0.505. The maximum Gasteiger partial charge on any atom is 0.240 e. The molecule has 1 aromatic rings. The predicted molar refractivity (Wildman–Crippen MR) is 81.2 cm³/mol. The van der Waals surface area contributed by atoms with Gasteiger partial charge in [-0.2, -0.15) is 0 Å². The third-order valence-electron chi connectivity index (χ3n) is 3.32. The van der Waals surface area contributed by atoms with Crippen LogP contribution in [0.3, 0.4) is 0 Å². The van der Waals surface area contributed by atoms with Crippen molar-refractivity contribution in [2.24, 2.45) is 5.73 Å². The molecule has 0 spiro atoms. The standard InChI is InChI=1S/C13H18N2O3S2/c1-9-8-11(2-3-12(9)13(14)19)20(16,17)15-10-4-6-18-7-5-10/h2-3,8,10,15H,4-7H2,1H3,(H2,14,19). The lowest BCUT2D eigenvalue weighted by Gasteiger charge is -2.23. The van der Waals surface area contributed by atoms with Crippen molar-refractivity contribution >= 4 is 27.2 Å². The van der Waals surface area contributed by atoms with Crippen molar-refractivity contribution in [3.8, 4) is 0 Å². The minimum absolute atomic E-state index is 0.0654. The van der Waals surface area contributed by atoms with E-state index in [2.05, 4.69) is 4.72 Å². The van der Waals surface area contributed by atoms with Crippen molar-refractivity contribution in [3.05, 3.63) is 29.3 Å². The van der Waals surface area contributed by atoms with Crippen molar-refractivity contribution < 1.29 is 13.2 Å². The van der Waals surface area contributed by atoms with E-state index in [1.807, 2.05) is 0 Å². The molecule has 0 bridgehead atoms. The Labute approximate surface area is 124 Å². The Hall–Kier alpha value is -1.02. The van der Waals surface area contributed by atoms with Gasteiger partial charge in [-0.05, 0) is 37.5 Å². The van der Waals surface area contributed by atoms with Gasteiger partial charge in [0.1, 0.15) is 4.99 Å². The van der Waals surface area contributed by atoms with E-state index in [9.17, 15) is 8.42 Å². The van der Waals surface area contributed by atoms with Crippen LogP contribution in [-0.2, 0) is 14.8 Å². The zero-order valence-corrected chi connectivity index (χ0v) is 12.9. The van der Waals surface area contributed by atoms with E-state index in [0.29, 0.717) is 31.6 Å². The molecular weight excluding hydrogens is 296 g/mol. The van der Waals surface area contributed by atoms with Gasteiger partial charge in [0.15, 0.2) is 0 Å². The van der Waals surface area contributed by atoms with Gasteiger partial charge in [-0.25, -0.2) is 13.1 Å². The molecule has 2 rings (SSSR count). The number of ether oxygens (including phenoxy) is 1. The summed E-state index contributed by atoms with van der Waals surface area (Å²) >= 11 is 4.92. The number of sulfonamides is 1. The first-order chi connectivity index (χ1) is 9.40. The Morgan fingerprint density at radius 1 is 1.40 bits per heavy atom. The van der Waals surface area contributed by atoms with Crippen molar-refractivity contribution in [3.63, 3.8) is 0 Å². The molecule has 0 unspecified atom stereocenters. The summed E-state index contributed by atoms with van der Waals surface area (Å²) in [6.07, 6.45) is 1.40. The van der Waals surface area contributed by atoms with E-state index >= 15 is 0 Å². The van der Waals surface area contributed by atoms with E-state index < -0.39 is 10.0 Å². The molecule has 3 N–H and O–H groups in total. The van der Waals surface area contributed by atoms with E-state index in [-0.39, 0.29) is 15.9 Å². The molecular formula is C13H18N2O3S2. The van der Waals surface area contributed by atoms with Crippen LogP contribution in [0.4, 0.5) is 0 Å². The van der Waals surface area contributed by atoms with E-state index in [0.717, 1.165) is 5.56 Å². The van der Waals surface area contributed by atoms with E-state index in [1.165, 1.54) is 6.07 Å². The first kappa shape index (κ1) is 15.4. The largest absolute Gasteiger partial charge is 0.389 e. The quantitative estimate of drug-likeness (QED) is 0.813. The van der Waals surface area contributed by atoms with Crippen LogP contribution in [0.25, 0.3) is 0 Å². The highest BCUT2D eigenvalue weighted by atomic mass is 32.2. The molecule has 0 amide bonds. The Morgan fingerprint density at radius 2 is 2.05 bits per heavy atom. The highest BCUT2D eigenvalue weighted by Gasteiger charge is 2.22. The summed E-state index contributed by atoms with van der Waals surface area (Å²) in [5.41, 5.74) is 7.03. The Morgan fingerprint density at radius 3 is 2.60 bits per heavy atom. The van der Waals surface area contributed by atoms with Gasteiger partial charge in [-0.15, -0.1) is 0 Å². The molecule has 0 aromatic heterocycles. The zero-order chi connectivity index (χ0) is 14.8. The minimum atomic E-state index is -3.51. The van der Waals surface area contributed by atoms with Crippen molar-refractivity contribution in [2.75, 3.05) is 13.2 Å². The number of aryl methyl sites for hydroxylation is 1. The molecule has 7 heteroatoms. The van der Waals surface area contributed by atoms with Gasteiger partial charge in [-0.1, -0.05) is 18.3 Å². The molecule has 1 aliphatic heterocycles. The van der Waals surface area contributed by atoms with Crippen molar-refractivity contribution in [2.45, 2.75) is 30.7 Å². The van der Waals surface area contributed by atoms with Gasteiger partial charge in [0.2, 0.25) is 10.0 Å². The van der Waals surface area contributed by atoms with Crippen LogP contribution >= 0.6 is 12.2 Å². The van der Waals surface area contributed by atoms with Crippen LogP contribution in [0.5, 0.6) is 0 Å². The van der Waals surface area contributed by atoms with Gasteiger partial charge in [0.05, 0.1) is 4.90 Å². The predicted octanol–water partition coefficient (Wildman–Crippen LogP) is 1.09. The normalized spacial score (nSPS) is 17.1. The SMILES string of the molecule is Cc1cc(S(=O)(=O)NC2CCOCC2)ccc1C(N)=S. The van der Waals surface area contributed by atoms with Gasteiger partial charge in [0.25, 0.3) is 0 Å². The highest BCUT2D eigenvalue weighted by Crippen LogP contribution is 2.17. The van der Waals surface area contributed by atoms with Gasteiger partial charge in [-0.3, -0.25) is 0 Å². The second-order valence-electron chi connectivity index (χ2n) is 4.85. The van der Waals surface area contributed by atoms with Crippen LogP contribution in [0, 0.1) is 6.92 Å². The number of hydrogen-bond acceptors (Lipinski definition) is 4. The van der Waals surface area contributed by atoms with Crippen LogP contribution in [0.2, 0.25) is 0 Å². The summed E-state index contributed by atoms with van der Waals surface area (Å²) in [5.74, 6) is 0. The number of thiocarbonyl (C=S) groups is 1. The number of hydrogen-bond donors (Lipinski definition) is 2. The molecule has 1 saturated heterocycles. The number of benzene rings is 1. The van der Waals surface area contributed by atoms with Crippen LogP contribution in [0.15, 0.2) is 23.1 Å².